The quantitative estimate of drug-likeness (QED) is 0.541. The van der Waals surface area contributed by atoms with E-state index in [1.165, 1.54) is 11.8 Å². The smallest absolute Gasteiger partial charge is 0.213 e. The number of piperazine rings is 1. The maximum Gasteiger partial charge on any atom is 0.213 e. The molecule has 0 bridgehead atoms. The van der Waals surface area contributed by atoms with Gasteiger partial charge < -0.3 is 9.80 Å². The highest BCUT2D eigenvalue weighted by Crippen LogP contribution is 2.34. The van der Waals surface area contributed by atoms with Crippen LogP contribution in [-0.4, -0.2) is 67.4 Å². The molecule has 1 saturated heterocycles. The van der Waals surface area contributed by atoms with E-state index in [1.54, 1.807) is 16.6 Å². The third-order valence-corrected chi connectivity index (χ3v) is 8.38. The van der Waals surface area contributed by atoms with Crippen molar-refractivity contribution in [2.75, 3.05) is 44.4 Å². The van der Waals surface area contributed by atoms with Crippen molar-refractivity contribution in [1.82, 2.24) is 19.5 Å². The predicted octanol–water partition coefficient (Wildman–Crippen LogP) is 3.47. The summed E-state index contributed by atoms with van der Waals surface area (Å²) in [6.07, 6.45) is 1.85. The Labute approximate surface area is 188 Å². The zero-order valence-electron chi connectivity index (χ0n) is 18.7. The highest BCUT2D eigenvalue weighted by molar-refractivity contribution is 7.99. The molecular weight excluding hydrogens is 430 g/mol. The number of anilines is 1. The van der Waals surface area contributed by atoms with Gasteiger partial charge in [-0.1, -0.05) is 26.0 Å². The highest BCUT2D eigenvalue weighted by Gasteiger charge is 2.30. The Bertz CT molecular complexity index is 1190. The van der Waals surface area contributed by atoms with E-state index in [1.807, 2.05) is 31.4 Å². The maximum absolute atomic E-state index is 13.7. The lowest BCUT2D eigenvalue weighted by atomic mass is 10.0. The lowest BCUT2D eigenvalue weighted by molar-refractivity contribution is 0.311. The number of rotatable bonds is 5. The fraction of sp³-hybridized carbons (Fsp3) is 0.455. The Morgan fingerprint density at radius 2 is 1.71 bits per heavy atom. The van der Waals surface area contributed by atoms with Crippen LogP contribution in [0.15, 0.2) is 45.1 Å². The van der Waals surface area contributed by atoms with Crippen molar-refractivity contribution in [3.05, 3.63) is 41.6 Å². The molecule has 0 atom stereocenters. The fourth-order valence-electron chi connectivity index (χ4n) is 3.86. The summed E-state index contributed by atoms with van der Waals surface area (Å²) in [7, 11) is -1.66. The van der Waals surface area contributed by atoms with Crippen molar-refractivity contribution in [3.8, 4) is 0 Å². The number of aromatic nitrogens is 3. The largest absolute Gasteiger partial charge is 0.354 e. The second-order valence-corrected chi connectivity index (χ2v) is 11.0. The van der Waals surface area contributed by atoms with Crippen LogP contribution in [0.5, 0.6) is 0 Å². The SMILES string of the molecule is CSc1nn2c(N3CCN(C)CC3)cc(C)nc2c1S(=O)(=O)c1ccc(C(C)C)cc1. The van der Waals surface area contributed by atoms with Crippen LogP contribution in [0.4, 0.5) is 5.82 Å². The molecule has 9 heteroatoms. The predicted molar refractivity (Wildman–Crippen MR) is 125 cm³/mol. The van der Waals surface area contributed by atoms with E-state index in [-0.39, 0.29) is 9.79 Å². The number of thioether (sulfide) groups is 1. The van der Waals surface area contributed by atoms with Gasteiger partial charge in [0.25, 0.3) is 0 Å². The number of hydrogen-bond acceptors (Lipinski definition) is 7. The van der Waals surface area contributed by atoms with Crippen molar-refractivity contribution in [2.24, 2.45) is 0 Å². The number of likely N-dealkylation sites (N-methyl/N-ethyl adjacent to an activating group) is 1. The molecule has 1 fully saturated rings. The number of sulfone groups is 1. The Morgan fingerprint density at radius 1 is 1.06 bits per heavy atom. The first-order valence-corrected chi connectivity index (χ1v) is 13.2. The standard InChI is InChI=1S/C22H29N5O2S2/c1-15(2)17-6-8-18(9-7-17)31(28,29)20-21-23-16(3)14-19(27(21)24-22(20)30-5)26-12-10-25(4)11-13-26/h6-9,14-15H,10-13H2,1-5H3. The summed E-state index contributed by atoms with van der Waals surface area (Å²) < 4.78 is 29.1. The fourth-order valence-corrected chi connectivity index (χ4v) is 6.25. The van der Waals surface area contributed by atoms with E-state index in [9.17, 15) is 8.42 Å². The van der Waals surface area contributed by atoms with Gasteiger partial charge in [-0.2, -0.15) is 9.61 Å². The van der Waals surface area contributed by atoms with Crippen LogP contribution in [-0.2, 0) is 9.84 Å². The minimum atomic E-state index is -3.77. The van der Waals surface area contributed by atoms with Gasteiger partial charge in [0.1, 0.15) is 10.8 Å². The average molecular weight is 460 g/mol. The first kappa shape index (κ1) is 22.1. The molecule has 2 aromatic heterocycles. The van der Waals surface area contributed by atoms with Crippen molar-refractivity contribution >= 4 is 33.1 Å². The van der Waals surface area contributed by atoms with Crippen molar-refractivity contribution in [2.45, 2.75) is 41.5 Å². The first-order chi connectivity index (χ1) is 14.7. The van der Waals surface area contributed by atoms with E-state index >= 15 is 0 Å². The van der Waals surface area contributed by atoms with Crippen molar-refractivity contribution < 1.29 is 8.42 Å². The monoisotopic (exact) mass is 459 g/mol. The summed E-state index contributed by atoms with van der Waals surface area (Å²) in [6.45, 7) is 9.71. The lowest BCUT2D eigenvalue weighted by Gasteiger charge is -2.34. The molecule has 3 heterocycles. The Balaban J connectivity index is 1.88. The summed E-state index contributed by atoms with van der Waals surface area (Å²) in [4.78, 5) is 9.63. The molecule has 0 N–H and O–H groups in total. The molecule has 1 aliphatic heterocycles. The third kappa shape index (κ3) is 4.06. The van der Waals surface area contributed by atoms with E-state index < -0.39 is 9.84 Å². The van der Waals surface area contributed by atoms with E-state index in [4.69, 9.17) is 0 Å². The zero-order valence-corrected chi connectivity index (χ0v) is 20.3. The molecule has 0 radical (unpaired) electrons. The van der Waals surface area contributed by atoms with Crippen molar-refractivity contribution in [3.63, 3.8) is 0 Å². The van der Waals surface area contributed by atoms with Crippen LogP contribution < -0.4 is 4.90 Å². The van der Waals surface area contributed by atoms with Crippen LogP contribution >= 0.6 is 11.8 Å². The summed E-state index contributed by atoms with van der Waals surface area (Å²) in [5.74, 6) is 1.23. The molecule has 3 aromatic rings. The van der Waals surface area contributed by atoms with E-state index in [2.05, 4.69) is 40.8 Å². The van der Waals surface area contributed by atoms with Gasteiger partial charge in [0.15, 0.2) is 10.5 Å². The van der Waals surface area contributed by atoms with Gasteiger partial charge in [-0.15, -0.1) is 11.8 Å². The molecule has 0 saturated carbocycles. The molecule has 0 unspecified atom stereocenters. The zero-order chi connectivity index (χ0) is 22.3. The lowest BCUT2D eigenvalue weighted by Crippen LogP contribution is -2.45. The maximum atomic E-state index is 13.7. The van der Waals surface area contributed by atoms with Crippen LogP contribution in [0, 0.1) is 6.92 Å². The van der Waals surface area contributed by atoms with Crippen LogP contribution in [0.25, 0.3) is 5.65 Å². The Hall–Kier alpha value is -2.10. The molecule has 166 valence electrons. The van der Waals surface area contributed by atoms with E-state index in [0.717, 1.165) is 43.3 Å². The minimum Gasteiger partial charge on any atom is -0.354 e. The number of nitrogens with zero attached hydrogens (tertiary/aromatic N) is 5. The van der Waals surface area contributed by atoms with Gasteiger partial charge in [0.05, 0.1) is 4.90 Å². The second-order valence-electron chi connectivity index (χ2n) is 8.35. The minimum absolute atomic E-state index is 0.191. The summed E-state index contributed by atoms with van der Waals surface area (Å²) in [6, 6.07) is 9.14. The van der Waals surface area contributed by atoms with Gasteiger partial charge in [-0.3, -0.25) is 0 Å². The highest BCUT2D eigenvalue weighted by atomic mass is 32.2. The second kappa shape index (κ2) is 8.44. The number of benzene rings is 1. The summed E-state index contributed by atoms with van der Waals surface area (Å²) in [5, 5.41) is 5.16. The first-order valence-electron chi connectivity index (χ1n) is 10.4. The number of fused-ring (bicyclic) bond motifs is 1. The van der Waals surface area contributed by atoms with Crippen LogP contribution in [0.1, 0.15) is 31.0 Å². The molecule has 31 heavy (non-hydrogen) atoms. The molecule has 4 rings (SSSR count). The van der Waals surface area contributed by atoms with Crippen LogP contribution in [0.2, 0.25) is 0 Å². The van der Waals surface area contributed by atoms with Gasteiger partial charge in [-0.25, -0.2) is 13.4 Å². The van der Waals surface area contributed by atoms with Crippen molar-refractivity contribution in [1.29, 1.82) is 0 Å². The number of aryl methyl sites for hydroxylation is 1. The third-order valence-electron chi connectivity index (χ3n) is 5.77. The van der Waals surface area contributed by atoms with Crippen LogP contribution in [0.3, 0.4) is 0 Å². The van der Waals surface area contributed by atoms with Gasteiger partial charge in [-0.05, 0) is 43.8 Å². The van der Waals surface area contributed by atoms with Gasteiger partial charge >= 0.3 is 0 Å². The van der Waals surface area contributed by atoms with E-state index in [0.29, 0.717) is 16.6 Å². The average Bonchev–Trinajstić information content (AvgIpc) is 3.13. The summed E-state index contributed by atoms with van der Waals surface area (Å²) in [5.41, 5.74) is 2.28. The normalized spacial score (nSPS) is 15.9. The van der Waals surface area contributed by atoms with Gasteiger partial charge in [0, 0.05) is 37.9 Å². The molecule has 1 aromatic carbocycles. The molecule has 7 nitrogen and oxygen atoms in total. The number of hydrogen-bond donors (Lipinski definition) is 0. The Kier molecular flexibility index (Phi) is 6.02. The molecule has 0 amide bonds. The Morgan fingerprint density at radius 3 is 2.29 bits per heavy atom. The molecular formula is C22H29N5O2S2. The van der Waals surface area contributed by atoms with Gasteiger partial charge in [0.2, 0.25) is 9.84 Å². The molecule has 1 aliphatic rings. The topological polar surface area (TPSA) is 70.8 Å². The summed E-state index contributed by atoms with van der Waals surface area (Å²) >= 11 is 1.33. The molecule has 0 spiro atoms. The molecule has 0 aliphatic carbocycles.